The van der Waals surface area contributed by atoms with Gasteiger partial charge < -0.3 is 10.4 Å². The maximum Gasteiger partial charge on any atom is 0.125 e. The summed E-state index contributed by atoms with van der Waals surface area (Å²) in [5.74, 6) is 0.790. The van der Waals surface area contributed by atoms with E-state index in [1.165, 1.54) is 11.1 Å². The molecule has 0 fully saturated rings. The molecule has 0 amide bonds. The van der Waals surface area contributed by atoms with Crippen molar-refractivity contribution in [3.05, 3.63) is 58.7 Å². The molecule has 1 heterocycles. The molecule has 0 saturated heterocycles. The minimum absolute atomic E-state index is 0.119. The number of nitrogens with one attached hydrogen (secondary N) is 1. The van der Waals surface area contributed by atoms with Crippen molar-refractivity contribution in [1.29, 1.82) is 0 Å². The third kappa shape index (κ3) is 3.03. The van der Waals surface area contributed by atoms with Crippen molar-refractivity contribution in [2.45, 2.75) is 45.3 Å². The number of hydrogen-bond donors (Lipinski definition) is 2. The highest BCUT2D eigenvalue weighted by Gasteiger charge is 2.35. The van der Waals surface area contributed by atoms with Crippen molar-refractivity contribution in [3.63, 3.8) is 0 Å². The predicted octanol–water partition coefficient (Wildman–Crippen LogP) is 2.27. The van der Waals surface area contributed by atoms with Crippen LogP contribution in [0.4, 0.5) is 0 Å². The number of benzene rings is 1. The second-order valence-electron chi connectivity index (χ2n) is 6.41. The van der Waals surface area contributed by atoms with Crippen LogP contribution >= 0.6 is 0 Å². The lowest BCUT2D eigenvalue weighted by Crippen LogP contribution is -2.42. The predicted molar refractivity (Wildman–Crippen MR) is 86.7 cm³/mol. The molecule has 2 aromatic rings. The number of hydrogen-bond acceptors (Lipinski definition) is 4. The van der Waals surface area contributed by atoms with Crippen LogP contribution in [0, 0.1) is 13.8 Å². The van der Waals surface area contributed by atoms with Gasteiger partial charge in [0.1, 0.15) is 5.82 Å². The Morgan fingerprint density at radius 3 is 2.45 bits per heavy atom. The van der Waals surface area contributed by atoms with Gasteiger partial charge in [-0.15, -0.1) is 0 Å². The van der Waals surface area contributed by atoms with Gasteiger partial charge in [-0.1, -0.05) is 24.3 Å². The lowest BCUT2D eigenvalue weighted by molar-refractivity contribution is 0.0488. The summed E-state index contributed by atoms with van der Waals surface area (Å²) in [6.07, 6.45) is 3.31. The van der Waals surface area contributed by atoms with Gasteiger partial charge in [0.25, 0.3) is 0 Å². The molecule has 1 aromatic heterocycles. The summed E-state index contributed by atoms with van der Waals surface area (Å²) in [4.78, 5) is 8.69. The molecular weight excluding hydrogens is 274 g/mol. The minimum Gasteiger partial charge on any atom is -0.388 e. The van der Waals surface area contributed by atoms with Crippen molar-refractivity contribution < 1.29 is 5.11 Å². The molecular formula is C18H23N3O. The summed E-state index contributed by atoms with van der Waals surface area (Å²) < 4.78 is 0. The van der Waals surface area contributed by atoms with Crippen LogP contribution in [0.5, 0.6) is 0 Å². The zero-order chi connectivity index (χ0) is 15.7. The van der Waals surface area contributed by atoms with E-state index in [4.69, 9.17) is 0 Å². The molecule has 1 aliphatic rings. The highest BCUT2D eigenvalue weighted by Crippen LogP contribution is 2.30. The van der Waals surface area contributed by atoms with Crippen molar-refractivity contribution in [1.82, 2.24) is 15.3 Å². The summed E-state index contributed by atoms with van der Waals surface area (Å²) in [5.41, 5.74) is 3.90. The van der Waals surface area contributed by atoms with Crippen molar-refractivity contribution in [2.24, 2.45) is 0 Å². The van der Waals surface area contributed by atoms with Gasteiger partial charge >= 0.3 is 0 Å². The Hall–Kier alpha value is -1.78. The van der Waals surface area contributed by atoms with E-state index in [2.05, 4.69) is 34.3 Å². The molecule has 0 radical (unpaired) electrons. The highest BCUT2D eigenvalue weighted by molar-refractivity contribution is 5.35. The zero-order valence-electron chi connectivity index (χ0n) is 13.4. The Morgan fingerprint density at radius 2 is 1.86 bits per heavy atom. The Balaban J connectivity index is 1.65. The Bertz CT molecular complexity index is 659. The first-order valence-corrected chi connectivity index (χ1v) is 7.79. The van der Waals surface area contributed by atoms with Crippen molar-refractivity contribution in [2.75, 3.05) is 6.54 Å². The highest BCUT2D eigenvalue weighted by atomic mass is 16.3. The van der Waals surface area contributed by atoms with Gasteiger partial charge in [-0.05, 0) is 31.9 Å². The summed E-state index contributed by atoms with van der Waals surface area (Å²) in [7, 11) is 0. The fourth-order valence-corrected chi connectivity index (χ4v) is 3.27. The number of aromatic nitrogens is 2. The van der Waals surface area contributed by atoms with Gasteiger partial charge in [0, 0.05) is 42.9 Å². The lowest BCUT2D eigenvalue weighted by Gasteiger charge is -2.26. The average molecular weight is 297 g/mol. The molecule has 1 atom stereocenters. The number of fused-ring (bicyclic) bond motifs is 1. The van der Waals surface area contributed by atoms with Crippen LogP contribution < -0.4 is 5.32 Å². The SMILES string of the molecule is Cc1ncc(C(C)NCC2(O)Cc3ccccc3C2)c(C)n1. The van der Waals surface area contributed by atoms with Crippen LogP contribution in [-0.2, 0) is 12.8 Å². The van der Waals surface area contributed by atoms with Crippen LogP contribution in [0.25, 0.3) is 0 Å². The third-order valence-corrected chi connectivity index (χ3v) is 4.50. The third-order valence-electron chi connectivity index (χ3n) is 4.50. The first-order valence-electron chi connectivity index (χ1n) is 7.79. The van der Waals surface area contributed by atoms with E-state index in [1.807, 2.05) is 32.2 Å². The maximum atomic E-state index is 10.8. The standard InChI is InChI=1S/C18H23N3O/c1-12(17-10-19-14(3)21-13(17)2)20-11-18(22)8-15-6-4-5-7-16(15)9-18/h4-7,10,12,20,22H,8-9,11H2,1-3H3. The van der Waals surface area contributed by atoms with Gasteiger partial charge in [-0.2, -0.15) is 0 Å². The molecule has 2 N–H and O–H groups in total. The second kappa shape index (κ2) is 5.78. The normalized spacial score (nSPS) is 17.3. The van der Waals surface area contributed by atoms with Crippen molar-refractivity contribution in [3.8, 4) is 0 Å². The van der Waals surface area contributed by atoms with Crippen LogP contribution in [-0.4, -0.2) is 27.2 Å². The molecule has 4 heteroatoms. The zero-order valence-corrected chi connectivity index (χ0v) is 13.4. The van der Waals surface area contributed by atoms with Gasteiger partial charge in [0.05, 0.1) is 5.60 Å². The van der Waals surface area contributed by atoms with Crippen molar-refractivity contribution >= 4 is 0 Å². The van der Waals surface area contributed by atoms with Gasteiger partial charge in [-0.25, -0.2) is 9.97 Å². The van der Waals surface area contributed by atoms with Gasteiger partial charge in [0.15, 0.2) is 0 Å². The first-order chi connectivity index (χ1) is 10.5. The monoisotopic (exact) mass is 297 g/mol. The topological polar surface area (TPSA) is 58.0 Å². The van der Waals surface area contributed by atoms with E-state index in [1.54, 1.807) is 0 Å². The molecule has 22 heavy (non-hydrogen) atoms. The first kappa shape index (κ1) is 15.1. The Kier molecular flexibility index (Phi) is 3.98. The fraction of sp³-hybridized carbons (Fsp3) is 0.444. The van der Waals surface area contributed by atoms with Gasteiger partial charge in [-0.3, -0.25) is 0 Å². The lowest BCUT2D eigenvalue weighted by atomic mass is 9.99. The number of aryl methyl sites for hydroxylation is 2. The molecule has 1 unspecified atom stereocenters. The van der Waals surface area contributed by atoms with Crippen LogP contribution in [0.1, 0.15) is 41.2 Å². The molecule has 0 spiro atoms. The van der Waals surface area contributed by atoms with E-state index in [-0.39, 0.29) is 6.04 Å². The van der Waals surface area contributed by atoms with E-state index >= 15 is 0 Å². The quantitative estimate of drug-likeness (QED) is 0.909. The second-order valence-corrected chi connectivity index (χ2v) is 6.41. The molecule has 1 aromatic carbocycles. The molecule has 0 aliphatic heterocycles. The van der Waals surface area contributed by atoms with Crippen LogP contribution in [0.2, 0.25) is 0 Å². The largest absolute Gasteiger partial charge is 0.388 e. The van der Waals surface area contributed by atoms with Crippen LogP contribution in [0.15, 0.2) is 30.5 Å². The van der Waals surface area contributed by atoms with Gasteiger partial charge in [0.2, 0.25) is 0 Å². The van der Waals surface area contributed by atoms with Crippen LogP contribution in [0.3, 0.4) is 0 Å². The van der Waals surface area contributed by atoms with E-state index in [9.17, 15) is 5.11 Å². The van der Waals surface area contributed by atoms with E-state index in [0.29, 0.717) is 19.4 Å². The van der Waals surface area contributed by atoms with E-state index < -0.39 is 5.60 Å². The Labute approximate surface area is 131 Å². The number of aliphatic hydroxyl groups is 1. The number of rotatable bonds is 4. The Morgan fingerprint density at radius 1 is 1.23 bits per heavy atom. The summed E-state index contributed by atoms with van der Waals surface area (Å²) in [6, 6.07) is 8.40. The maximum absolute atomic E-state index is 10.8. The average Bonchev–Trinajstić information content (AvgIpc) is 2.81. The molecule has 1 aliphatic carbocycles. The number of nitrogens with zero attached hydrogens (tertiary/aromatic N) is 2. The van der Waals surface area contributed by atoms with E-state index in [0.717, 1.165) is 17.1 Å². The molecule has 3 rings (SSSR count). The summed E-state index contributed by atoms with van der Waals surface area (Å²) in [6.45, 7) is 6.55. The smallest absolute Gasteiger partial charge is 0.125 e. The fourth-order valence-electron chi connectivity index (χ4n) is 3.27. The summed E-state index contributed by atoms with van der Waals surface area (Å²) in [5, 5.41) is 14.3. The molecule has 0 saturated carbocycles. The minimum atomic E-state index is -0.697. The summed E-state index contributed by atoms with van der Waals surface area (Å²) >= 11 is 0. The molecule has 4 nitrogen and oxygen atoms in total. The molecule has 116 valence electrons. The molecule has 0 bridgehead atoms.